The lowest BCUT2D eigenvalue weighted by atomic mass is 10.1. The summed E-state index contributed by atoms with van der Waals surface area (Å²) in [7, 11) is 0. The maximum atomic E-state index is 13.5. The lowest BCUT2D eigenvalue weighted by molar-refractivity contribution is 0.0693. The van der Waals surface area contributed by atoms with Gasteiger partial charge in [0.15, 0.2) is 0 Å². The number of aromatic carboxylic acids is 1. The van der Waals surface area contributed by atoms with Gasteiger partial charge in [0.1, 0.15) is 17.2 Å². The van der Waals surface area contributed by atoms with Crippen molar-refractivity contribution in [3.8, 4) is 0 Å². The molecule has 0 spiro atoms. The second-order valence-corrected chi connectivity index (χ2v) is 4.05. The molecule has 5 heteroatoms. The topological polar surface area (TPSA) is 49.3 Å². The van der Waals surface area contributed by atoms with Crippen LogP contribution in [0, 0.1) is 18.6 Å². The predicted molar refractivity (Wildman–Crippen MR) is 67.8 cm³/mol. The molecule has 0 radical (unpaired) electrons. The molecule has 2 aromatic carbocycles. The maximum Gasteiger partial charge on any atom is 0.340 e. The number of anilines is 2. The molecule has 0 bridgehead atoms. The van der Waals surface area contributed by atoms with Crippen LogP contribution in [0.15, 0.2) is 36.4 Å². The minimum absolute atomic E-state index is 0.127. The molecule has 19 heavy (non-hydrogen) atoms. The Balaban J connectivity index is 2.44. The normalized spacial score (nSPS) is 10.3. The first-order valence-corrected chi connectivity index (χ1v) is 5.54. The van der Waals surface area contributed by atoms with E-state index < -0.39 is 17.3 Å². The number of carboxylic acids is 1. The molecule has 0 atom stereocenters. The van der Waals surface area contributed by atoms with Crippen LogP contribution in [0.3, 0.4) is 0 Å². The van der Waals surface area contributed by atoms with Crippen LogP contribution >= 0.6 is 0 Å². The van der Waals surface area contributed by atoms with Crippen LogP contribution in [0.25, 0.3) is 0 Å². The fourth-order valence-corrected chi connectivity index (χ4v) is 1.76. The molecule has 0 aliphatic carbocycles. The lowest BCUT2D eigenvalue weighted by Gasteiger charge is -2.12. The van der Waals surface area contributed by atoms with E-state index in [2.05, 4.69) is 5.32 Å². The van der Waals surface area contributed by atoms with Gasteiger partial charge in [0.2, 0.25) is 0 Å². The molecule has 2 rings (SSSR count). The number of carbonyl (C=O) groups is 1. The van der Waals surface area contributed by atoms with Crippen molar-refractivity contribution in [2.24, 2.45) is 0 Å². The largest absolute Gasteiger partial charge is 0.478 e. The molecule has 0 heterocycles. The second kappa shape index (κ2) is 5.06. The van der Waals surface area contributed by atoms with E-state index in [1.54, 1.807) is 6.92 Å². The zero-order valence-corrected chi connectivity index (χ0v) is 10.1. The average Bonchev–Trinajstić information content (AvgIpc) is 2.32. The Morgan fingerprint density at radius 2 is 1.89 bits per heavy atom. The molecule has 0 aliphatic rings. The Bertz CT molecular complexity index is 641. The van der Waals surface area contributed by atoms with Crippen molar-refractivity contribution in [1.82, 2.24) is 0 Å². The number of halogens is 2. The molecule has 0 aromatic heterocycles. The fraction of sp³-hybridized carbons (Fsp3) is 0.0714. The third kappa shape index (κ3) is 2.70. The summed E-state index contributed by atoms with van der Waals surface area (Å²) in [5.41, 5.74) is 0.809. The van der Waals surface area contributed by atoms with Gasteiger partial charge in [-0.3, -0.25) is 0 Å². The van der Waals surface area contributed by atoms with E-state index in [9.17, 15) is 13.6 Å². The van der Waals surface area contributed by atoms with Gasteiger partial charge in [0, 0.05) is 5.69 Å². The molecule has 0 aliphatic heterocycles. The van der Waals surface area contributed by atoms with Crippen molar-refractivity contribution < 1.29 is 18.7 Å². The van der Waals surface area contributed by atoms with Gasteiger partial charge in [-0.1, -0.05) is 6.07 Å². The first-order valence-electron chi connectivity index (χ1n) is 5.54. The third-order valence-corrected chi connectivity index (χ3v) is 2.69. The van der Waals surface area contributed by atoms with E-state index in [-0.39, 0.29) is 11.5 Å². The molecule has 0 saturated carbocycles. The zero-order chi connectivity index (χ0) is 14.0. The van der Waals surface area contributed by atoms with Gasteiger partial charge in [-0.05, 0) is 42.8 Å². The Morgan fingerprint density at radius 1 is 1.16 bits per heavy atom. The molecule has 2 N–H and O–H groups in total. The Hall–Kier alpha value is -2.43. The summed E-state index contributed by atoms with van der Waals surface area (Å²) < 4.78 is 26.5. The number of benzene rings is 2. The van der Waals surface area contributed by atoms with Gasteiger partial charge in [-0.25, -0.2) is 13.6 Å². The number of hydrogen-bond acceptors (Lipinski definition) is 2. The van der Waals surface area contributed by atoms with Crippen LogP contribution in [-0.2, 0) is 0 Å². The molecular formula is C14H11F2NO2. The van der Waals surface area contributed by atoms with Crippen LogP contribution < -0.4 is 5.32 Å². The number of carboxylic acid groups (broad SMARTS) is 1. The Morgan fingerprint density at radius 3 is 2.53 bits per heavy atom. The highest BCUT2D eigenvalue weighted by Gasteiger charge is 2.16. The summed E-state index contributed by atoms with van der Waals surface area (Å²) in [6.45, 7) is 1.67. The van der Waals surface area contributed by atoms with Crippen LogP contribution in [-0.4, -0.2) is 11.1 Å². The SMILES string of the molecule is Cc1cc(F)ccc1Nc1cccc(F)c1C(=O)O. The van der Waals surface area contributed by atoms with Crippen LogP contribution in [0.4, 0.5) is 20.2 Å². The molecular weight excluding hydrogens is 252 g/mol. The number of rotatable bonds is 3. The van der Waals surface area contributed by atoms with Crippen molar-refractivity contribution in [2.45, 2.75) is 6.92 Å². The highest BCUT2D eigenvalue weighted by Crippen LogP contribution is 2.25. The number of aryl methyl sites for hydroxylation is 1. The van der Waals surface area contributed by atoms with E-state index in [0.717, 1.165) is 6.07 Å². The second-order valence-electron chi connectivity index (χ2n) is 4.05. The fourth-order valence-electron chi connectivity index (χ4n) is 1.76. The summed E-state index contributed by atoms with van der Waals surface area (Å²) in [5, 5.41) is 11.8. The van der Waals surface area contributed by atoms with E-state index in [1.165, 1.54) is 30.3 Å². The number of hydrogen-bond donors (Lipinski definition) is 2. The van der Waals surface area contributed by atoms with Crippen molar-refractivity contribution in [1.29, 1.82) is 0 Å². The van der Waals surface area contributed by atoms with Crippen molar-refractivity contribution in [3.63, 3.8) is 0 Å². The van der Waals surface area contributed by atoms with Crippen LogP contribution in [0.1, 0.15) is 15.9 Å². The standard InChI is InChI=1S/C14H11F2NO2/c1-8-7-9(15)5-6-11(8)17-12-4-2-3-10(16)13(12)14(18)19/h2-7,17H,1H3,(H,18,19). The third-order valence-electron chi connectivity index (χ3n) is 2.69. The van der Waals surface area contributed by atoms with Gasteiger partial charge >= 0.3 is 5.97 Å². The molecule has 0 saturated heterocycles. The van der Waals surface area contributed by atoms with Crippen LogP contribution in [0.5, 0.6) is 0 Å². The summed E-state index contributed by atoms with van der Waals surface area (Å²) in [5.74, 6) is -2.57. The number of nitrogens with one attached hydrogen (secondary N) is 1. The lowest BCUT2D eigenvalue weighted by Crippen LogP contribution is -2.06. The summed E-state index contributed by atoms with van der Waals surface area (Å²) in [4.78, 5) is 11.0. The Kier molecular flexibility index (Phi) is 3.46. The molecule has 0 fully saturated rings. The minimum atomic E-state index is -1.36. The summed E-state index contributed by atoms with van der Waals surface area (Å²) >= 11 is 0. The summed E-state index contributed by atoms with van der Waals surface area (Å²) in [6.07, 6.45) is 0. The van der Waals surface area contributed by atoms with Gasteiger partial charge in [-0.15, -0.1) is 0 Å². The first kappa shape index (κ1) is 13.0. The van der Waals surface area contributed by atoms with Crippen molar-refractivity contribution >= 4 is 17.3 Å². The molecule has 0 amide bonds. The van der Waals surface area contributed by atoms with E-state index >= 15 is 0 Å². The molecule has 3 nitrogen and oxygen atoms in total. The van der Waals surface area contributed by atoms with Gasteiger partial charge in [0.25, 0.3) is 0 Å². The maximum absolute atomic E-state index is 13.5. The van der Waals surface area contributed by atoms with Gasteiger partial charge in [0.05, 0.1) is 5.69 Å². The summed E-state index contributed by atoms with van der Waals surface area (Å²) in [6, 6.07) is 7.96. The average molecular weight is 263 g/mol. The molecule has 0 unspecified atom stereocenters. The zero-order valence-electron chi connectivity index (χ0n) is 10.1. The highest BCUT2D eigenvalue weighted by molar-refractivity contribution is 5.95. The quantitative estimate of drug-likeness (QED) is 0.887. The van der Waals surface area contributed by atoms with E-state index in [0.29, 0.717) is 11.3 Å². The predicted octanol–water partition coefficient (Wildman–Crippen LogP) is 3.72. The van der Waals surface area contributed by atoms with Crippen molar-refractivity contribution in [2.75, 3.05) is 5.32 Å². The highest BCUT2D eigenvalue weighted by atomic mass is 19.1. The van der Waals surface area contributed by atoms with Crippen molar-refractivity contribution in [3.05, 3.63) is 59.2 Å². The van der Waals surface area contributed by atoms with Crippen LogP contribution in [0.2, 0.25) is 0 Å². The first-order chi connectivity index (χ1) is 8.99. The monoisotopic (exact) mass is 263 g/mol. The molecule has 98 valence electrons. The molecule has 2 aromatic rings. The minimum Gasteiger partial charge on any atom is -0.478 e. The van der Waals surface area contributed by atoms with E-state index in [4.69, 9.17) is 5.11 Å². The van der Waals surface area contributed by atoms with E-state index in [1.807, 2.05) is 0 Å². The Labute approximate surface area is 108 Å². The van der Waals surface area contributed by atoms with Gasteiger partial charge < -0.3 is 10.4 Å². The smallest absolute Gasteiger partial charge is 0.340 e. The van der Waals surface area contributed by atoms with Gasteiger partial charge in [-0.2, -0.15) is 0 Å².